The van der Waals surface area contributed by atoms with Crippen LogP contribution in [0.25, 0.3) is 16.2 Å². The molecule has 0 radical (unpaired) electrons. The fourth-order valence-electron chi connectivity index (χ4n) is 2.46. The summed E-state index contributed by atoms with van der Waals surface area (Å²) in [4.78, 5) is 5.19. The average molecular weight is 369 g/mol. The molecule has 1 atom stereocenters. The molecule has 0 aliphatic heterocycles. The van der Waals surface area contributed by atoms with Crippen molar-refractivity contribution in [3.8, 4) is 11.3 Å². The highest BCUT2D eigenvalue weighted by atomic mass is 32.2. The Kier molecular flexibility index (Phi) is 4.31. The summed E-state index contributed by atoms with van der Waals surface area (Å²) in [5.74, 6) is 0. The van der Waals surface area contributed by atoms with Gasteiger partial charge in [-0.15, -0.1) is 5.10 Å². The van der Waals surface area contributed by atoms with Crippen LogP contribution < -0.4 is 10.5 Å². The van der Waals surface area contributed by atoms with E-state index in [1.54, 1.807) is 4.52 Å². The number of aromatic nitrogens is 3. The molecule has 0 saturated heterocycles. The molecule has 4 rings (SSSR count). The third-order valence-corrected chi connectivity index (χ3v) is 5.60. The Hall–Kier alpha value is -2.55. The van der Waals surface area contributed by atoms with Gasteiger partial charge in [0.05, 0.1) is 11.9 Å². The zero-order valence-corrected chi connectivity index (χ0v) is 14.8. The van der Waals surface area contributed by atoms with E-state index in [0.29, 0.717) is 9.30 Å². The number of fused-ring (bicyclic) bond motifs is 1. The van der Waals surface area contributed by atoms with Gasteiger partial charge in [-0.1, -0.05) is 53.8 Å². The number of hydrogen-bond acceptors (Lipinski definition) is 5. The summed E-state index contributed by atoms with van der Waals surface area (Å²) in [6.45, 7) is 0.781. The Morgan fingerprint density at radius 1 is 1.12 bits per heavy atom. The normalized spacial score (nSPS) is 12.4. The summed E-state index contributed by atoms with van der Waals surface area (Å²) in [5.41, 5.74) is 4.11. The van der Waals surface area contributed by atoms with E-state index in [1.807, 2.05) is 48.7 Å². The van der Waals surface area contributed by atoms with E-state index in [-0.39, 0.29) is 0 Å². The van der Waals surface area contributed by atoms with Crippen molar-refractivity contribution in [3.05, 3.63) is 66.4 Å². The minimum absolute atomic E-state index is 0.370. The van der Waals surface area contributed by atoms with Gasteiger partial charge < -0.3 is 5.32 Å². The van der Waals surface area contributed by atoms with Gasteiger partial charge in [0.15, 0.2) is 11.0 Å². The molecule has 0 fully saturated rings. The first-order valence-corrected chi connectivity index (χ1v) is 9.62. The van der Waals surface area contributed by atoms with Gasteiger partial charge in [-0.05, 0) is 17.7 Å². The second-order valence-electron chi connectivity index (χ2n) is 5.44. The molecule has 2 aromatic heterocycles. The minimum atomic E-state index is -1.57. The van der Waals surface area contributed by atoms with Crippen LogP contribution in [-0.4, -0.2) is 18.8 Å². The predicted octanol–water partition coefficient (Wildman–Crippen LogP) is 3.05. The molecule has 8 heteroatoms. The van der Waals surface area contributed by atoms with Crippen molar-refractivity contribution in [2.45, 2.75) is 10.9 Å². The average Bonchev–Trinajstić information content (AvgIpc) is 3.20. The van der Waals surface area contributed by atoms with Gasteiger partial charge in [0.1, 0.15) is 0 Å². The van der Waals surface area contributed by atoms with Crippen LogP contribution in [0.5, 0.6) is 0 Å². The summed E-state index contributed by atoms with van der Waals surface area (Å²) >= 11 is 1.23. The number of nitrogens with one attached hydrogen (secondary N) is 1. The first-order chi connectivity index (χ1) is 12.2. The maximum atomic E-state index is 11.3. The molecule has 2 aromatic carbocycles. The molecule has 0 spiro atoms. The van der Waals surface area contributed by atoms with E-state index in [1.165, 1.54) is 16.9 Å². The van der Waals surface area contributed by atoms with Crippen molar-refractivity contribution in [1.82, 2.24) is 14.6 Å². The largest absolute Gasteiger partial charge is 0.381 e. The molecule has 0 saturated carbocycles. The SMILES string of the molecule is NS(=O)c1nn2cc(-c3ccc(NCc4ccccc4)cc3)nc2s1. The molecule has 0 amide bonds. The van der Waals surface area contributed by atoms with E-state index < -0.39 is 11.0 Å². The maximum Gasteiger partial charge on any atom is 0.219 e. The lowest BCUT2D eigenvalue weighted by Crippen LogP contribution is -2.02. The number of anilines is 1. The monoisotopic (exact) mass is 369 g/mol. The smallest absolute Gasteiger partial charge is 0.219 e. The molecule has 0 bridgehead atoms. The van der Waals surface area contributed by atoms with Crippen LogP contribution in [-0.2, 0) is 17.5 Å². The first-order valence-electron chi connectivity index (χ1n) is 7.60. The second-order valence-corrected chi connectivity index (χ2v) is 7.63. The number of imidazole rings is 1. The van der Waals surface area contributed by atoms with Gasteiger partial charge in [0.25, 0.3) is 0 Å². The fourth-order valence-corrected chi connectivity index (χ4v) is 3.80. The number of benzene rings is 2. The number of nitrogens with two attached hydrogens (primary N) is 1. The van der Waals surface area contributed by atoms with Gasteiger partial charge >= 0.3 is 0 Å². The molecule has 25 heavy (non-hydrogen) atoms. The van der Waals surface area contributed by atoms with Crippen molar-refractivity contribution in [2.24, 2.45) is 5.14 Å². The molecule has 0 aliphatic carbocycles. The quantitative estimate of drug-likeness (QED) is 0.566. The van der Waals surface area contributed by atoms with Crippen molar-refractivity contribution in [1.29, 1.82) is 0 Å². The van der Waals surface area contributed by atoms with Gasteiger partial charge in [-0.2, -0.15) is 0 Å². The molecule has 0 aliphatic rings. The van der Waals surface area contributed by atoms with Crippen LogP contribution in [0.15, 0.2) is 65.1 Å². The Balaban J connectivity index is 1.49. The Bertz CT molecular complexity index is 993. The molecular weight excluding hydrogens is 354 g/mol. The topological polar surface area (TPSA) is 85.3 Å². The molecule has 3 N–H and O–H groups in total. The van der Waals surface area contributed by atoms with Crippen molar-refractivity contribution in [2.75, 3.05) is 5.32 Å². The van der Waals surface area contributed by atoms with Crippen molar-refractivity contribution >= 4 is 33.0 Å². The summed E-state index contributed by atoms with van der Waals surface area (Å²) in [7, 11) is -1.57. The standard InChI is InChI=1S/C17H15N5OS2/c18-25(23)17-21-22-11-15(20-16(22)24-17)13-6-8-14(9-7-13)19-10-12-4-2-1-3-5-12/h1-9,11,19H,10,18H2. The Morgan fingerprint density at radius 2 is 1.88 bits per heavy atom. The highest BCUT2D eigenvalue weighted by Crippen LogP contribution is 2.24. The maximum absolute atomic E-state index is 11.3. The van der Waals surface area contributed by atoms with Gasteiger partial charge in [0, 0.05) is 17.8 Å². The van der Waals surface area contributed by atoms with Crippen LogP contribution in [0.2, 0.25) is 0 Å². The summed E-state index contributed by atoms with van der Waals surface area (Å²) in [5, 5.41) is 12.9. The van der Waals surface area contributed by atoms with E-state index in [9.17, 15) is 4.21 Å². The van der Waals surface area contributed by atoms with E-state index in [0.717, 1.165) is 23.5 Å². The van der Waals surface area contributed by atoms with Crippen LogP contribution in [0.3, 0.4) is 0 Å². The summed E-state index contributed by atoms with van der Waals surface area (Å²) < 4.78 is 13.2. The first kappa shape index (κ1) is 15.9. The highest BCUT2D eigenvalue weighted by Gasteiger charge is 2.12. The lowest BCUT2D eigenvalue weighted by molar-refractivity contribution is 0.681. The molecular formula is C17H15N5OS2. The zero-order valence-electron chi connectivity index (χ0n) is 13.1. The third-order valence-electron chi connectivity index (χ3n) is 3.72. The molecule has 2 heterocycles. The lowest BCUT2D eigenvalue weighted by atomic mass is 10.1. The molecule has 126 valence electrons. The zero-order chi connectivity index (χ0) is 17.2. The van der Waals surface area contributed by atoms with Gasteiger partial charge in [-0.25, -0.2) is 18.8 Å². The molecule has 1 unspecified atom stereocenters. The van der Waals surface area contributed by atoms with Crippen LogP contribution >= 0.6 is 11.3 Å². The molecule has 4 aromatic rings. The van der Waals surface area contributed by atoms with Crippen molar-refractivity contribution < 1.29 is 4.21 Å². The van der Waals surface area contributed by atoms with Gasteiger partial charge in [-0.3, -0.25) is 0 Å². The van der Waals surface area contributed by atoms with Gasteiger partial charge in [0.2, 0.25) is 9.30 Å². The van der Waals surface area contributed by atoms with E-state index in [2.05, 4.69) is 27.5 Å². The van der Waals surface area contributed by atoms with Crippen LogP contribution in [0.4, 0.5) is 5.69 Å². The van der Waals surface area contributed by atoms with E-state index in [4.69, 9.17) is 5.14 Å². The van der Waals surface area contributed by atoms with Crippen molar-refractivity contribution in [3.63, 3.8) is 0 Å². The Morgan fingerprint density at radius 3 is 2.56 bits per heavy atom. The summed E-state index contributed by atoms with van der Waals surface area (Å²) in [6.07, 6.45) is 1.81. The molecule has 6 nitrogen and oxygen atoms in total. The minimum Gasteiger partial charge on any atom is -0.381 e. The van der Waals surface area contributed by atoms with Crippen LogP contribution in [0, 0.1) is 0 Å². The number of rotatable bonds is 5. The van der Waals surface area contributed by atoms with Crippen LogP contribution in [0.1, 0.15) is 5.56 Å². The highest BCUT2D eigenvalue weighted by molar-refractivity contribution is 7.85. The number of hydrogen-bond donors (Lipinski definition) is 2. The second kappa shape index (κ2) is 6.75. The lowest BCUT2D eigenvalue weighted by Gasteiger charge is -2.07. The predicted molar refractivity (Wildman–Crippen MR) is 101 cm³/mol. The number of nitrogens with zero attached hydrogens (tertiary/aromatic N) is 3. The fraction of sp³-hybridized carbons (Fsp3) is 0.0588. The Labute approximate surface area is 150 Å². The van der Waals surface area contributed by atoms with E-state index >= 15 is 0 Å². The third kappa shape index (κ3) is 3.46. The summed E-state index contributed by atoms with van der Waals surface area (Å²) in [6, 6.07) is 18.3.